The highest BCUT2D eigenvalue weighted by atomic mass is 32.2. The van der Waals surface area contributed by atoms with Crippen LogP contribution in [-0.4, -0.2) is 18.0 Å². The molecule has 0 aliphatic rings. The molecule has 4 nitrogen and oxygen atoms in total. The molecule has 0 radical (unpaired) electrons. The lowest BCUT2D eigenvalue weighted by Gasteiger charge is -2.02. The molecule has 1 N–H and O–H groups in total. The van der Waals surface area contributed by atoms with Gasteiger partial charge in [0.1, 0.15) is 4.90 Å². The molecule has 0 bridgehead atoms. The topological polar surface area (TPSA) is 67.3 Å². The monoisotopic (exact) mass is 301 g/mol. The zero-order valence-corrected chi connectivity index (χ0v) is 12.3. The van der Waals surface area contributed by atoms with Gasteiger partial charge in [0.15, 0.2) is 0 Å². The lowest BCUT2D eigenvalue weighted by Crippen LogP contribution is -1.98. The molecule has 0 unspecified atom stereocenters. The first-order chi connectivity index (χ1) is 9.98. The fraction of sp³-hybridized carbons (Fsp3) is 0.0625. The molecule has 1 aromatic heterocycles. The van der Waals surface area contributed by atoms with Crippen LogP contribution in [0.4, 0.5) is 0 Å². The summed E-state index contributed by atoms with van der Waals surface area (Å²) >= 11 is 0. The molecule has 3 aromatic rings. The summed E-state index contributed by atoms with van der Waals surface area (Å²) in [7, 11) is -4.13. The van der Waals surface area contributed by atoms with E-state index in [1.807, 2.05) is 31.2 Å². The maximum absolute atomic E-state index is 11.0. The fourth-order valence-corrected chi connectivity index (χ4v) is 2.58. The van der Waals surface area contributed by atoms with Crippen LogP contribution in [0.25, 0.3) is 10.8 Å². The average Bonchev–Trinajstić information content (AvgIpc) is 2.47. The van der Waals surface area contributed by atoms with Gasteiger partial charge in [-0.3, -0.25) is 9.54 Å². The van der Waals surface area contributed by atoms with E-state index < -0.39 is 10.1 Å². The van der Waals surface area contributed by atoms with Crippen molar-refractivity contribution in [3.05, 3.63) is 72.6 Å². The number of nitrogens with zero attached hydrogens (tertiary/aromatic N) is 1. The van der Waals surface area contributed by atoms with Crippen molar-refractivity contribution >= 4 is 20.9 Å². The SMILES string of the molecule is Cc1ccccn1.O=S(=O)(O)c1cccc2ccccc12. The van der Waals surface area contributed by atoms with Gasteiger partial charge >= 0.3 is 0 Å². The van der Waals surface area contributed by atoms with Crippen molar-refractivity contribution in [1.29, 1.82) is 0 Å². The van der Waals surface area contributed by atoms with Crippen molar-refractivity contribution in [1.82, 2.24) is 4.98 Å². The van der Waals surface area contributed by atoms with Crippen LogP contribution in [0.5, 0.6) is 0 Å². The Kier molecular flexibility index (Phi) is 4.67. The molecule has 108 valence electrons. The third kappa shape index (κ3) is 4.11. The average molecular weight is 301 g/mol. The second-order valence-electron chi connectivity index (χ2n) is 4.42. The molecule has 5 heteroatoms. The number of pyridine rings is 1. The summed E-state index contributed by atoms with van der Waals surface area (Å²) in [5.41, 5.74) is 1.07. The van der Waals surface area contributed by atoms with Crippen LogP contribution in [0.15, 0.2) is 71.8 Å². The second kappa shape index (κ2) is 6.47. The Morgan fingerprint density at radius 1 is 0.905 bits per heavy atom. The van der Waals surface area contributed by atoms with Gasteiger partial charge in [0.2, 0.25) is 0 Å². The summed E-state index contributed by atoms with van der Waals surface area (Å²) in [5.74, 6) is 0. The first-order valence-electron chi connectivity index (χ1n) is 6.31. The van der Waals surface area contributed by atoms with Crippen molar-refractivity contribution in [2.24, 2.45) is 0 Å². The number of hydrogen-bond acceptors (Lipinski definition) is 3. The molecule has 0 saturated carbocycles. The van der Waals surface area contributed by atoms with Gasteiger partial charge in [-0.2, -0.15) is 8.42 Å². The Morgan fingerprint density at radius 2 is 1.57 bits per heavy atom. The molecule has 0 fully saturated rings. The quantitative estimate of drug-likeness (QED) is 0.699. The number of aromatic nitrogens is 1. The molecule has 0 saturated heterocycles. The van der Waals surface area contributed by atoms with Gasteiger partial charge in [-0.1, -0.05) is 42.5 Å². The molecule has 0 aliphatic heterocycles. The molecule has 0 spiro atoms. The minimum Gasteiger partial charge on any atom is -0.282 e. The van der Waals surface area contributed by atoms with E-state index in [1.54, 1.807) is 36.5 Å². The van der Waals surface area contributed by atoms with E-state index in [2.05, 4.69) is 4.98 Å². The predicted octanol–water partition coefficient (Wildman–Crippen LogP) is 3.48. The highest BCUT2D eigenvalue weighted by molar-refractivity contribution is 7.86. The zero-order valence-electron chi connectivity index (χ0n) is 11.5. The van der Waals surface area contributed by atoms with Crippen LogP contribution in [0.1, 0.15) is 5.69 Å². The molecular weight excluding hydrogens is 286 g/mol. The van der Waals surface area contributed by atoms with Crippen LogP contribution in [-0.2, 0) is 10.1 Å². The summed E-state index contributed by atoms with van der Waals surface area (Å²) in [4.78, 5) is 3.93. The van der Waals surface area contributed by atoms with E-state index in [1.165, 1.54) is 6.07 Å². The third-order valence-electron chi connectivity index (χ3n) is 2.84. The van der Waals surface area contributed by atoms with Crippen LogP contribution in [0.2, 0.25) is 0 Å². The number of aryl methyl sites for hydroxylation is 1. The minimum atomic E-state index is -4.13. The molecule has 0 aliphatic carbocycles. The molecule has 0 amide bonds. The highest BCUT2D eigenvalue weighted by Crippen LogP contribution is 2.21. The number of rotatable bonds is 1. The summed E-state index contributed by atoms with van der Waals surface area (Å²) < 4.78 is 31.0. The van der Waals surface area contributed by atoms with Crippen LogP contribution in [0.3, 0.4) is 0 Å². The minimum absolute atomic E-state index is 0.0457. The van der Waals surface area contributed by atoms with E-state index in [0.717, 1.165) is 11.1 Å². The second-order valence-corrected chi connectivity index (χ2v) is 5.81. The lowest BCUT2D eigenvalue weighted by atomic mass is 10.1. The number of fused-ring (bicyclic) bond motifs is 1. The van der Waals surface area contributed by atoms with E-state index in [9.17, 15) is 8.42 Å². The van der Waals surface area contributed by atoms with Gasteiger partial charge < -0.3 is 0 Å². The van der Waals surface area contributed by atoms with E-state index in [4.69, 9.17) is 4.55 Å². The van der Waals surface area contributed by atoms with Gasteiger partial charge in [0.25, 0.3) is 10.1 Å². The van der Waals surface area contributed by atoms with Crippen LogP contribution in [0, 0.1) is 6.92 Å². The lowest BCUT2D eigenvalue weighted by molar-refractivity contribution is 0.484. The summed E-state index contributed by atoms with van der Waals surface area (Å²) in [6.07, 6.45) is 1.79. The standard InChI is InChI=1S/C10H8O3S.C6H7N/c11-14(12,13)10-7-3-5-8-4-1-2-6-9(8)10;1-6-4-2-3-5-7-6/h1-7H,(H,11,12,13);2-5H,1H3. The molecule has 2 aromatic carbocycles. The smallest absolute Gasteiger partial charge is 0.282 e. The normalized spacial score (nSPS) is 10.8. The van der Waals surface area contributed by atoms with Gasteiger partial charge in [0.05, 0.1) is 0 Å². The Morgan fingerprint density at radius 3 is 2.14 bits per heavy atom. The molecule has 1 heterocycles. The Balaban J connectivity index is 0.000000194. The van der Waals surface area contributed by atoms with E-state index in [0.29, 0.717) is 5.39 Å². The number of benzene rings is 2. The molecule has 0 atom stereocenters. The predicted molar refractivity (Wildman–Crippen MR) is 82.7 cm³/mol. The largest absolute Gasteiger partial charge is 0.295 e. The summed E-state index contributed by atoms with van der Waals surface area (Å²) in [6, 6.07) is 17.7. The van der Waals surface area contributed by atoms with Gasteiger partial charge in [0, 0.05) is 17.3 Å². The van der Waals surface area contributed by atoms with Gasteiger partial charge in [-0.05, 0) is 30.5 Å². The van der Waals surface area contributed by atoms with Crippen LogP contribution >= 0.6 is 0 Å². The maximum atomic E-state index is 11.0. The summed E-state index contributed by atoms with van der Waals surface area (Å²) in [6.45, 7) is 1.97. The first-order valence-corrected chi connectivity index (χ1v) is 7.75. The Hall–Kier alpha value is -2.24. The number of hydrogen-bond donors (Lipinski definition) is 1. The van der Waals surface area contributed by atoms with E-state index >= 15 is 0 Å². The van der Waals surface area contributed by atoms with Crippen molar-refractivity contribution in [2.75, 3.05) is 0 Å². The fourth-order valence-electron chi connectivity index (χ4n) is 1.87. The zero-order chi connectivity index (χ0) is 15.3. The van der Waals surface area contributed by atoms with Crippen molar-refractivity contribution in [2.45, 2.75) is 11.8 Å². The van der Waals surface area contributed by atoms with Crippen LogP contribution < -0.4 is 0 Å². The van der Waals surface area contributed by atoms with Crippen molar-refractivity contribution in [3.8, 4) is 0 Å². The van der Waals surface area contributed by atoms with Gasteiger partial charge in [-0.25, -0.2) is 0 Å². The summed E-state index contributed by atoms with van der Waals surface area (Å²) in [5, 5.41) is 1.33. The first kappa shape index (κ1) is 15.2. The third-order valence-corrected chi connectivity index (χ3v) is 3.75. The van der Waals surface area contributed by atoms with Crippen molar-refractivity contribution in [3.63, 3.8) is 0 Å². The molecule has 3 rings (SSSR count). The van der Waals surface area contributed by atoms with Crippen molar-refractivity contribution < 1.29 is 13.0 Å². The Bertz CT molecular complexity index is 825. The van der Waals surface area contributed by atoms with E-state index in [-0.39, 0.29) is 4.90 Å². The van der Waals surface area contributed by atoms with Gasteiger partial charge in [-0.15, -0.1) is 0 Å². The molecular formula is C16H15NO3S. The Labute approximate surface area is 123 Å². The highest BCUT2D eigenvalue weighted by Gasteiger charge is 2.12. The molecule has 21 heavy (non-hydrogen) atoms. The maximum Gasteiger partial charge on any atom is 0.295 e.